The van der Waals surface area contributed by atoms with Gasteiger partial charge in [0, 0.05) is 17.4 Å². The molecule has 18 heavy (non-hydrogen) atoms. The number of hydrogen-bond acceptors (Lipinski definition) is 3. The van der Waals surface area contributed by atoms with Crippen LogP contribution in [0.4, 0.5) is 5.69 Å². The number of carbonyl (C=O) groups excluding carboxylic acids is 1. The van der Waals surface area contributed by atoms with Crippen molar-refractivity contribution in [2.45, 2.75) is 6.42 Å². The van der Waals surface area contributed by atoms with Crippen molar-refractivity contribution in [1.82, 2.24) is 4.90 Å². The van der Waals surface area contributed by atoms with Gasteiger partial charge in [-0.05, 0) is 48.2 Å². The summed E-state index contributed by atoms with van der Waals surface area (Å²) in [5, 5.41) is 11.5. The third kappa shape index (κ3) is 4.46. The molecule has 0 aromatic heterocycles. The fourth-order valence-corrected chi connectivity index (χ4v) is 1.77. The summed E-state index contributed by atoms with van der Waals surface area (Å²) in [7, 11) is 3.79. The molecular formula is C12H15BrN2O3. The fraction of sp³-hybridized carbons (Fsp3) is 0.333. The van der Waals surface area contributed by atoms with E-state index >= 15 is 0 Å². The van der Waals surface area contributed by atoms with Crippen LogP contribution in [0.5, 0.6) is 0 Å². The molecule has 1 amide bonds. The zero-order valence-corrected chi connectivity index (χ0v) is 11.8. The number of aromatic carboxylic acids is 1. The first-order valence-corrected chi connectivity index (χ1v) is 6.17. The van der Waals surface area contributed by atoms with Crippen LogP contribution in [0.1, 0.15) is 16.8 Å². The van der Waals surface area contributed by atoms with Gasteiger partial charge in [0.1, 0.15) is 0 Å². The van der Waals surface area contributed by atoms with Crippen LogP contribution in [0, 0.1) is 0 Å². The van der Waals surface area contributed by atoms with E-state index in [1.807, 2.05) is 19.0 Å². The summed E-state index contributed by atoms with van der Waals surface area (Å²) < 4.78 is 0.556. The maximum atomic E-state index is 11.6. The normalized spacial score (nSPS) is 10.4. The number of nitrogens with zero attached hydrogens (tertiary/aromatic N) is 1. The minimum absolute atomic E-state index is 0.104. The smallest absolute Gasteiger partial charge is 0.335 e. The van der Waals surface area contributed by atoms with Crippen molar-refractivity contribution in [3.63, 3.8) is 0 Å². The van der Waals surface area contributed by atoms with E-state index in [1.54, 1.807) is 6.07 Å². The second kappa shape index (κ2) is 6.51. The Morgan fingerprint density at radius 2 is 2.06 bits per heavy atom. The maximum Gasteiger partial charge on any atom is 0.335 e. The Balaban J connectivity index is 2.68. The van der Waals surface area contributed by atoms with Crippen molar-refractivity contribution in [2.24, 2.45) is 0 Å². The highest BCUT2D eigenvalue weighted by Crippen LogP contribution is 2.23. The summed E-state index contributed by atoms with van der Waals surface area (Å²) in [5.74, 6) is -1.10. The second-order valence-corrected chi connectivity index (χ2v) is 4.96. The third-order valence-corrected chi connectivity index (χ3v) is 2.93. The fourth-order valence-electron chi connectivity index (χ4n) is 1.29. The molecule has 1 rings (SSSR count). The van der Waals surface area contributed by atoms with Gasteiger partial charge in [0.2, 0.25) is 5.91 Å². The molecule has 0 aliphatic heterocycles. The van der Waals surface area contributed by atoms with Crippen molar-refractivity contribution in [1.29, 1.82) is 0 Å². The van der Waals surface area contributed by atoms with E-state index in [0.717, 1.165) is 0 Å². The van der Waals surface area contributed by atoms with Crippen molar-refractivity contribution >= 4 is 33.5 Å². The number of anilines is 1. The van der Waals surface area contributed by atoms with Gasteiger partial charge in [0.15, 0.2) is 0 Å². The first-order valence-electron chi connectivity index (χ1n) is 5.37. The number of nitrogens with one attached hydrogen (secondary N) is 1. The molecule has 0 saturated heterocycles. The molecule has 1 aromatic rings. The minimum atomic E-state index is -0.999. The average molecular weight is 315 g/mol. The molecule has 0 radical (unpaired) electrons. The number of benzene rings is 1. The SMILES string of the molecule is CN(C)CCC(=O)Nc1ccc(C(=O)O)cc1Br. The molecular weight excluding hydrogens is 300 g/mol. The monoisotopic (exact) mass is 314 g/mol. The van der Waals surface area contributed by atoms with Gasteiger partial charge in [-0.25, -0.2) is 4.79 Å². The number of amides is 1. The van der Waals surface area contributed by atoms with Gasteiger partial charge >= 0.3 is 5.97 Å². The standard InChI is InChI=1S/C12H15BrN2O3/c1-15(2)6-5-11(16)14-10-4-3-8(12(17)18)7-9(10)13/h3-4,7H,5-6H2,1-2H3,(H,14,16)(H,17,18). The lowest BCUT2D eigenvalue weighted by Crippen LogP contribution is -2.21. The van der Waals surface area contributed by atoms with Crippen LogP contribution in [0.25, 0.3) is 0 Å². The van der Waals surface area contributed by atoms with Gasteiger partial charge in [-0.1, -0.05) is 0 Å². The Bertz CT molecular complexity index is 461. The number of hydrogen-bond donors (Lipinski definition) is 2. The summed E-state index contributed by atoms with van der Waals surface area (Å²) in [6, 6.07) is 4.49. The lowest BCUT2D eigenvalue weighted by Gasteiger charge is -2.11. The van der Waals surface area contributed by atoms with Gasteiger partial charge in [-0.15, -0.1) is 0 Å². The molecule has 0 atom stereocenters. The van der Waals surface area contributed by atoms with E-state index < -0.39 is 5.97 Å². The molecule has 0 unspecified atom stereocenters. The molecule has 1 aromatic carbocycles. The second-order valence-electron chi connectivity index (χ2n) is 4.10. The Labute approximate surface area is 114 Å². The van der Waals surface area contributed by atoms with Crippen LogP contribution < -0.4 is 5.32 Å². The lowest BCUT2D eigenvalue weighted by atomic mass is 10.2. The molecule has 0 spiro atoms. The predicted molar refractivity (Wildman–Crippen MR) is 72.9 cm³/mol. The molecule has 0 heterocycles. The topological polar surface area (TPSA) is 69.6 Å². The molecule has 98 valence electrons. The van der Waals surface area contributed by atoms with Crippen LogP contribution in [0.15, 0.2) is 22.7 Å². The number of rotatable bonds is 5. The van der Waals surface area contributed by atoms with E-state index in [2.05, 4.69) is 21.2 Å². The summed E-state index contributed by atoms with van der Waals surface area (Å²) in [4.78, 5) is 24.3. The zero-order chi connectivity index (χ0) is 13.7. The van der Waals surface area contributed by atoms with Crippen molar-refractivity contribution in [3.8, 4) is 0 Å². The molecule has 5 nitrogen and oxygen atoms in total. The molecule has 0 aliphatic rings. The minimum Gasteiger partial charge on any atom is -0.478 e. The van der Waals surface area contributed by atoms with E-state index in [0.29, 0.717) is 23.1 Å². The summed E-state index contributed by atoms with van der Waals surface area (Å²) in [6.07, 6.45) is 0.389. The highest BCUT2D eigenvalue weighted by molar-refractivity contribution is 9.10. The Hall–Kier alpha value is -1.40. The van der Waals surface area contributed by atoms with Crippen molar-refractivity contribution < 1.29 is 14.7 Å². The molecule has 0 fully saturated rings. The van der Waals surface area contributed by atoms with E-state index in [4.69, 9.17) is 5.11 Å². The number of carboxylic acid groups (broad SMARTS) is 1. The number of carbonyl (C=O) groups is 2. The highest BCUT2D eigenvalue weighted by Gasteiger charge is 2.09. The zero-order valence-electron chi connectivity index (χ0n) is 10.2. The molecule has 6 heteroatoms. The van der Waals surface area contributed by atoms with Crippen LogP contribution in [-0.4, -0.2) is 42.5 Å². The van der Waals surface area contributed by atoms with Gasteiger partial charge < -0.3 is 15.3 Å². The van der Waals surface area contributed by atoms with Crippen LogP contribution in [-0.2, 0) is 4.79 Å². The Morgan fingerprint density at radius 1 is 1.39 bits per heavy atom. The predicted octanol–water partition coefficient (Wildman–Crippen LogP) is 2.04. The average Bonchev–Trinajstić information content (AvgIpc) is 2.29. The van der Waals surface area contributed by atoms with Crippen LogP contribution in [0.2, 0.25) is 0 Å². The Morgan fingerprint density at radius 3 is 2.56 bits per heavy atom. The first kappa shape index (κ1) is 14.7. The first-order chi connectivity index (χ1) is 8.40. The van der Waals surface area contributed by atoms with E-state index in [9.17, 15) is 9.59 Å². The number of carboxylic acids is 1. The molecule has 0 bridgehead atoms. The molecule has 2 N–H and O–H groups in total. The van der Waals surface area contributed by atoms with Gasteiger partial charge in [-0.3, -0.25) is 4.79 Å². The summed E-state index contributed by atoms with van der Waals surface area (Å²) >= 11 is 3.24. The van der Waals surface area contributed by atoms with E-state index in [1.165, 1.54) is 12.1 Å². The van der Waals surface area contributed by atoms with Crippen LogP contribution >= 0.6 is 15.9 Å². The van der Waals surface area contributed by atoms with Crippen molar-refractivity contribution in [2.75, 3.05) is 26.0 Å². The molecule has 0 saturated carbocycles. The van der Waals surface area contributed by atoms with Crippen molar-refractivity contribution in [3.05, 3.63) is 28.2 Å². The Kier molecular flexibility index (Phi) is 5.30. The summed E-state index contributed by atoms with van der Waals surface area (Å²) in [6.45, 7) is 0.663. The van der Waals surface area contributed by atoms with Gasteiger partial charge in [0.05, 0.1) is 11.3 Å². The third-order valence-electron chi connectivity index (χ3n) is 2.28. The van der Waals surface area contributed by atoms with Gasteiger partial charge in [0.25, 0.3) is 0 Å². The van der Waals surface area contributed by atoms with Gasteiger partial charge in [-0.2, -0.15) is 0 Å². The quantitative estimate of drug-likeness (QED) is 0.872. The highest BCUT2D eigenvalue weighted by atomic mass is 79.9. The number of halogens is 1. The van der Waals surface area contributed by atoms with Crippen LogP contribution in [0.3, 0.4) is 0 Å². The van der Waals surface area contributed by atoms with E-state index in [-0.39, 0.29) is 11.5 Å². The largest absolute Gasteiger partial charge is 0.478 e. The molecule has 0 aliphatic carbocycles. The lowest BCUT2D eigenvalue weighted by molar-refractivity contribution is -0.116. The summed E-state index contributed by atoms with van der Waals surface area (Å²) in [5.41, 5.74) is 0.747. The maximum absolute atomic E-state index is 11.6.